The first-order valence-corrected chi connectivity index (χ1v) is 11.4. The average molecular weight is 395 g/mol. The zero-order chi connectivity index (χ0) is 20.1. The lowest BCUT2D eigenvalue weighted by molar-refractivity contribution is 0.220. The summed E-state index contributed by atoms with van der Waals surface area (Å²) >= 11 is 0. The molecule has 4 rings (SSSR count). The molecule has 0 heterocycles. The molecule has 0 saturated heterocycles. The van der Waals surface area contributed by atoms with Crippen LogP contribution in [0.3, 0.4) is 0 Å². The highest BCUT2D eigenvalue weighted by atomic mass is 31.2. The normalized spacial score (nSPS) is 11.0. The SMILES string of the molecule is O=C(O)B(c1ccccc1)[P+](c1ccccc1)(c1ccccc1)c1ccccc1. The molecule has 0 aromatic heterocycles. The van der Waals surface area contributed by atoms with Gasteiger partial charge in [0.1, 0.15) is 0 Å². The van der Waals surface area contributed by atoms with E-state index in [9.17, 15) is 9.90 Å². The fourth-order valence-electron chi connectivity index (χ4n) is 4.05. The molecule has 140 valence electrons. The Labute approximate surface area is 172 Å². The number of benzene rings is 4. The van der Waals surface area contributed by atoms with Crippen molar-refractivity contribution in [2.45, 2.75) is 0 Å². The molecule has 0 saturated carbocycles. The number of carboxylic acid groups (broad SMARTS) is 1. The molecule has 2 nitrogen and oxygen atoms in total. The first kappa shape index (κ1) is 19.2. The Bertz CT molecular complexity index is 974. The van der Waals surface area contributed by atoms with Gasteiger partial charge in [0.05, 0.1) is 23.1 Å². The van der Waals surface area contributed by atoms with Gasteiger partial charge < -0.3 is 5.11 Å². The standard InChI is InChI=1S/C25H20BO2P/c27-25(28)26(21-13-5-1-6-14-21)29(22-15-7-2-8-16-22,23-17-9-3-10-18-23)24-19-11-4-12-20-24/h1-20H/p+1. The highest BCUT2D eigenvalue weighted by Gasteiger charge is 2.61. The van der Waals surface area contributed by atoms with Crippen molar-refractivity contribution >= 4 is 40.8 Å². The summed E-state index contributed by atoms with van der Waals surface area (Å²) in [5.74, 6) is -0.805. The zero-order valence-electron chi connectivity index (χ0n) is 15.9. The topological polar surface area (TPSA) is 37.3 Å². The number of hydrogen-bond donors (Lipinski definition) is 1. The predicted octanol–water partition coefficient (Wildman–Crippen LogP) is 4.14. The summed E-state index contributed by atoms with van der Waals surface area (Å²) < 4.78 is 0. The molecule has 29 heavy (non-hydrogen) atoms. The van der Waals surface area contributed by atoms with Crippen molar-refractivity contribution in [1.82, 2.24) is 0 Å². The van der Waals surface area contributed by atoms with Crippen molar-refractivity contribution in [3.63, 3.8) is 0 Å². The second-order valence-electron chi connectivity index (χ2n) is 6.88. The van der Waals surface area contributed by atoms with Gasteiger partial charge in [0.25, 0.3) is 0 Å². The van der Waals surface area contributed by atoms with E-state index in [1.165, 1.54) is 0 Å². The molecular weight excluding hydrogens is 374 g/mol. The molecular formula is C25H21BO2P+. The van der Waals surface area contributed by atoms with Gasteiger partial charge in [0, 0.05) is 0 Å². The van der Waals surface area contributed by atoms with Crippen molar-refractivity contribution < 1.29 is 9.90 Å². The Kier molecular flexibility index (Phi) is 5.60. The maximum atomic E-state index is 12.9. The zero-order valence-corrected chi connectivity index (χ0v) is 16.8. The summed E-state index contributed by atoms with van der Waals surface area (Å²) in [4.78, 5) is 12.9. The van der Waals surface area contributed by atoms with Crippen LogP contribution in [0.1, 0.15) is 0 Å². The molecule has 0 aliphatic rings. The van der Waals surface area contributed by atoms with E-state index in [4.69, 9.17) is 0 Å². The fraction of sp³-hybridized carbons (Fsp3) is 0. The molecule has 0 fully saturated rings. The minimum Gasteiger partial charge on any atom is -0.485 e. The molecule has 0 spiro atoms. The maximum absolute atomic E-state index is 12.9. The van der Waals surface area contributed by atoms with E-state index < -0.39 is 19.4 Å². The fourth-order valence-corrected chi connectivity index (χ4v) is 8.72. The van der Waals surface area contributed by atoms with E-state index >= 15 is 0 Å². The van der Waals surface area contributed by atoms with Gasteiger partial charge >= 0.3 is 12.3 Å². The number of rotatable bonds is 6. The Morgan fingerprint density at radius 1 is 0.552 bits per heavy atom. The van der Waals surface area contributed by atoms with E-state index in [2.05, 4.69) is 36.4 Å². The molecule has 1 N–H and O–H groups in total. The second-order valence-corrected chi connectivity index (χ2v) is 10.4. The maximum Gasteiger partial charge on any atom is 0.513 e. The molecule has 4 aromatic carbocycles. The lowest BCUT2D eigenvalue weighted by Gasteiger charge is -2.31. The van der Waals surface area contributed by atoms with Crippen LogP contribution in [0.5, 0.6) is 0 Å². The molecule has 0 atom stereocenters. The summed E-state index contributed by atoms with van der Waals surface area (Å²) in [6.07, 6.45) is -0.684. The predicted molar refractivity (Wildman–Crippen MR) is 125 cm³/mol. The van der Waals surface area contributed by atoms with E-state index in [1.54, 1.807) is 0 Å². The van der Waals surface area contributed by atoms with Crippen LogP contribution >= 0.6 is 7.14 Å². The van der Waals surface area contributed by atoms with Gasteiger partial charge in [-0.05, 0) is 41.9 Å². The van der Waals surface area contributed by atoms with Crippen LogP contribution in [0, 0.1) is 0 Å². The van der Waals surface area contributed by atoms with E-state index in [-0.39, 0.29) is 0 Å². The Hall–Kier alpha value is -3.16. The van der Waals surface area contributed by atoms with E-state index in [1.807, 2.05) is 84.9 Å². The summed E-state index contributed by atoms with van der Waals surface area (Å²) in [7, 11) is -2.54. The van der Waals surface area contributed by atoms with E-state index in [0.29, 0.717) is 0 Å². The van der Waals surface area contributed by atoms with Gasteiger partial charge in [0.2, 0.25) is 0 Å². The number of carbonyl (C=O) groups is 1. The first-order chi connectivity index (χ1) is 14.2. The molecule has 0 unspecified atom stereocenters. The summed E-state index contributed by atoms with van der Waals surface area (Å²) in [5.41, 5.74) is 0.824. The van der Waals surface area contributed by atoms with Crippen molar-refractivity contribution in [3.8, 4) is 0 Å². The van der Waals surface area contributed by atoms with Crippen LogP contribution in [0.2, 0.25) is 0 Å². The number of hydrogen-bond acceptors (Lipinski definition) is 1. The Morgan fingerprint density at radius 2 is 0.862 bits per heavy atom. The highest BCUT2D eigenvalue weighted by molar-refractivity contribution is 8.22. The third-order valence-corrected chi connectivity index (χ3v) is 9.86. The van der Waals surface area contributed by atoms with Gasteiger partial charge in [-0.1, -0.05) is 84.9 Å². The molecule has 4 heteroatoms. The summed E-state index contributed by atoms with van der Waals surface area (Å²) in [5, 5.41) is 13.8. The van der Waals surface area contributed by atoms with Gasteiger partial charge in [-0.15, -0.1) is 0 Å². The molecule has 0 aliphatic heterocycles. The second kappa shape index (κ2) is 8.47. The monoisotopic (exact) mass is 395 g/mol. The molecule has 0 bridgehead atoms. The van der Waals surface area contributed by atoms with Crippen LogP contribution in [0.4, 0.5) is 4.79 Å². The molecule has 0 aliphatic carbocycles. The van der Waals surface area contributed by atoms with Crippen molar-refractivity contribution in [1.29, 1.82) is 0 Å². The van der Waals surface area contributed by atoms with Gasteiger partial charge in [-0.25, -0.2) is 0 Å². The Balaban J connectivity index is 2.14. The van der Waals surface area contributed by atoms with Crippen LogP contribution in [0.15, 0.2) is 121 Å². The van der Waals surface area contributed by atoms with Gasteiger partial charge in [-0.2, -0.15) is 0 Å². The van der Waals surface area contributed by atoms with Crippen LogP contribution < -0.4 is 21.4 Å². The summed E-state index contributed by atoms with van der Waals surface area (Å²) in [6, 6.07) is 40.0. The Morgan fingerprint density at radius 3 is 1.17 bits per heavy atom. The van der Waals surface area contributed by atoms with Crippen LogP contribution in [0.25, 0.3) is 0 Å². The first-order valence-electron chi connectivity index (χ1n) is 9.58. The molecule has 4 aromatic rings. The smallest absolute Gasteiger partial charge is 0.485 e. The molecule has 0 amide bonds. The summed E-state index contributed by atoms with van der Waals surface area (Å²) in [6.45, 7) is 0. The van der Waals surface area contributed by atoms with Crippen molar-refractivity contribution in [2.75, 3.05) is 0 Å². The van der Waals surface area contributed by atoms with Crippen LogP contribution in [-0.2, 0) is 0 Å². The molecule has 0 radical (unpaired) electrons. The average Bonchev–Trinajstić information content (AvgIpc) is 2.79. The van der Waals surface area contributed by atoms with Crippen molar-refractivity contribution in [3.05, 3.63) is 121 Å². The highest BCUT2D eigenvalue weighted by Crippen LogP contribution is 2.57. The van der Waals surface area contributed by atoms with Gasteiger partial charge in [-0.3, -0.25) is 4.79 Å². The quantitative estimate of drug-likeness (QED) is 0.394. The van der Waals surface area contributed by atoms with Crippen molar-refractivity contribution in [2.24, 2.45) is 0 Å². The van der Waals surface area contributed by atoms with Crippen LogP contribution in [-0.4, -0.2) is 17.4 Å². The lowest BCUT2D eigenvalue weighted by Crippen LogP contribution is -2.51. The minimum absolute atomic E-state index is 0.684. The largest absolute Gasteiger partial charge is 0.513 e. The minimum atomic E-state index is -2.54. The third kappa shape index (κ3) is 3.50. The van der Waals surface area contributed by atoms with Gasteiger partial charge in [0.15, 0.2) is 0 Å². The van der Waals surface area contributed by atoms with E-state index in [0.717, 1.165) is 21.4 Å². The lowest BCUT2D eigenvalue weighted by atomic mass is 9.68. The third-order valence-electron chi connectivity index (χ3n) is 5.23.